The molecule has 0 amide bonds. The van der Waals surface area contributed by atoms with Crippen molar-refractivity contribution in [3.05, 3.63) is 30.1 Å². The highest BCUT2D eigenvalue weighted by atomic mass is 35.5. The number of piperidine rings is 1. The third-order valence-corrected chi connectivity index (χ3v) is 2.57. The summed E-state index contributed by atoms with van der Waals surface area (Å²) in [5.41, 5.74) is 0.100. The molecule has 4 N–H and O–H groups in total. The first-order valence-electron chi connectivity index (χ1n) is 4.66. The maximum Gasteiger partial charge on any atom is 0.109 e. The molecule has 94 valence electrons. The van der Waals surface area contributed by atoms with E-state index in [1.807, 2.05) is 18.2 Å². The summed E-state index contributed by atoms with van der Waals surface area (Å²) in [5.74, 6) is 0. The Bertz CT molecular complexity index is 279. The molecule has 1 aromatic heterocycles. The maximum atomic E-state index is 10.2. The SMILES string of the molecule is Cl.Cl.O.OC1(c2ccccn2)CCNCC1. The molecule has 0 unspecified atom stereocenters. The molecule has 0 bridgehead atoms. The van der Waals surface area contributed by atoms with Crippen LogP contribution in [0.1, 0.15) is 18.5 Å². The van der Waals surface area contributed by atoms with Crippen LogP contribution < -0.4 is 5.32 Å². The second-order valence-electron chi connectivity index (χ2n) is 3.50. The molecule has 1 fully saturated rings. The highest BCUT2D eigenvalue weighted by molar-refractivity contribution is 5.85. The maximum absolute atomic E-state index is 10.2. The van der Waals surface area contributed by atoms with Crippen molar-refractivity contribution in [3.63, 3.8) is 0 Å². The van der Waals surface area contributed by atoms with Gasteiger partial charge in [0.25, 0.3) is 0 Å². The van der Waals surface area contributed by atoms with E-state index in [1.54, 1.807) is 6.20 Å². The van der Waals surface area contributed by atoms with Crippen LogP contribution in [0, 0.1) is 0 Å². The summed E-state index contributed by atoms with van der Waals surface area (Å²) < 4.78 is 0. The van der Waals surface area contributed by atoms with Crippen molar-refractivity contribution in [2.24, 2.45) is 0 Å². The van der Waals surface area contributed by atoms with Crippen LogP contribution in [-0.2, 0) is 5.60 Å². The minimum Gasteiger partial charge on any atom is -0.412 e. The summed E-state index contributed by atoms with van der Waals surface area (Å²) in [5, 5.41) is 13.5. The lowest BCUT2D eigenvalue weighted by atomic mass is 9.89. The Labute approximate surface area is 108 Å². The summed E-state index contributed by atoms with van der Waals surface area (Å²) in [6.45, 7) is 1.74. The summed E-state index contributed by atoms with van der Waals surface area (Å²) in [6, 6.07) is 5.68. The number of rotatable bonds is 1. The molecule has 4 nitrogen and oxygen atoms in total. The predicted molar refractivity (Wildman–Crippen MR) is 68.3 cm³/mol. The van der Waals surface area contributed by atoms with Crippen molar-refractivity contribution in [2.75, 3.05) is 13.1 Å². The van der Waals surface area contributed by atoms with Gasteiger partial charge in [-0.15, -0.1) is 24.8 Å². The van der Waals surface area contributed by atoms with Crippen molar-refractivity contribution in [1.29, 1.82) is 0 Å². The number of hydrogen-bond donors (Lipinski definition) is 2. The highest BCUT2D eigenvalue weighted by Crippen LogP contribution is 2.28. The molecule has 0 saturated carbocycles. The first-order valence-corrected chi connectivity index (χ1v) is 4.66. The molecule has 0 aliphatic carbocycles. The van der Waals surface area contributed by atoms with Gasteiger partial charge in [0.1, 0.15) is 5.60 Å². The number of aliphatic hydroxyl groups is 1. The summed E-state index contributed by atoms with van der Waals surface area (Å²) in [7, 11) is 0. The minimum absolute atomic E-state index is 0. The highest BCUT2D eigenvalue weighted by Gasteiger charge is 2.31. The lowest BCUT2D eigenvalue weighted by molar-refractivity contribution is 0.00188. The van der Waals surface area contributed by atoms with Gasteiger partial charge in [-0.2, -0.15) is 0 Å². The van der Waals surface area contributed by atoms with Gasteiger partial charge in [0, 0.05) is 6.20 Å². The fraction of sp³-hybridized carbons (Fsp3) is 0.500. The van der Waals surface area contributed by atoms with Crippen LogP contribution in [-0.4, -0.2) is 28.7 Å². The number of halogens is 2. The largest absolute Gasteiger partial charge is 0.412 e. The monoisotopic (exact) mass is 268 g/mol. The van der Waals surface area contributed by atoms with Gasteiger partial charge in [-0.3, -0.25) is 4.98 Å². The number of aromatic nitrogens is 1. The van der Waals surface area contributed by atoms with E-state index in [4.69, 9.17) is 0 Å². The third-order valence-electron chi connectivity index (χ3n) is 2.57. The van der Waals surface area contributed by atoms with Crippen LogP contribution >= 0.6 is 24.8 Å². The zero-order valence-electron chi connectivity index (χ0n) is 8.85. The van der Waals surface area contributed by atoms with E-state index < -0.39 is 5.60 Å². The van der Waals surface area contributed by atoms with Crippen LogP contribution in [0.2, 0.25) is 0 Å². The number of nitrogens with one attached hydrogen (secondary N) is 1. The minimum atomic E-state index is -0.702. The molecule has 1 aliphatic rings. The van der Waals surface area contributed by atoms with E-state index in [0.29, 0.717) is 0 Å². The van der Waals surface area contributed by atoms with E-state index >= 15 is 0 Å². The Balaban J connectivity index is 0. The average molecular weight is 269 g/mol. The van der Waals surface area contributed by atoms with Crippen molar-refractivity contribution in [1.82, 2.24) is 10.3 Å². The molecule has 0 aromatic carbocycles. The molecule has 16 heavy (non-hydrogen) atoms. The van der Waals surface area contributed by atoms with Crippen LogP contribution in [0.5, 0.6) is 0 Å². The van der Waals surface area contributed by atoms with Crippen molar-refractivity contribution >= 4 is 24.8 Å². The average Bonchev–Trinajstić information content (AvgIpc) is 2.20. The Morgan fingerprint density at radius 2 is 1.81 bits per heavy atom. The van der Waals surface area contributed by atoms with Crippen molar-refractivity contribution in [2.45, 2.75) is 18.4 Å². The molecular weight excluding hydrogens is 251 g/mol. The van der Waals surface area contributed by atoms with E-state index in [0.717, 1.165) is 31.6 Å². The smallest absolute Gasteiger partial charge is 0.109 e. The molecule has 0 radical (unpaired) electrons. The Hall–Kier alpha value is -0.390. The van der Waals surface area contributed by atoms with Gasteiger partial charge in [0.15, 0.2) is 0 Å². The number of pyridine rings is 1. The Kier molecular flexibility index (Phi) is 8.78. The topological polar surface area (TPSA) is 76.7 Å². The predicted octanol–water partition coefficient (Wildman–Crippen LogP) is 0.671. The van der Waals surface area contributed by atoms with Crippen LogP contribution in [0.25, 0.3) is 0 Å². The molecule has 6 heteroatoms. The number of hydrogen-bond acceptors (Lipinski definition) is 3. The Morgan fingerprint density at radius 3 is 2.31 bits per heavy atom. The van der Waals surface area contributed by atoms with Crippen LogP contribution in [0.15, 0.2) is 24.4 Å². The van der Waals surface area contributed by atoms with E-state index in [2.05, 4.69) is 10.3 Å². The van der Waals surface area contributed by atoms with Gasteiger partial charge < -0.3 is 15.9 Å². The summed E-state index contributed by atoms with van der Waals surface area (Å²) in [4.78, 5) is 4.20. The molecular formula is C10H18Cl2N2O2. The first kappa shape index (κ1) is 18.0. The third kappa shape index (κ3) is 3.88. The molecule has 1 aliphatic heterocycles. The quantitative estimate of drug-likeness (QED) is 0.786. The van der Waals surface area contributed by atoms with Gasteiger partial charge in [-0.05, 0) is 38.1 Å². The first-order chi connectivity index (χ1) is 6.31. The number of nitrogens with zero attached hydrogens (tertiary/aromatic N) is 1. The van der Waals surface area contributed by atoms with E-state index in [1.165, 1.54) is 0 Å². The van der Waals surface area contributed by atoms with Gasteiger partial charge in [-0.1, -0.05) is 6.07 Å². The fourth-order valence-electron chi connectivity index (χ4n) is 1.73. The molecule has 0 spiro atoms. The molecule has 2 rings (SSSR count). The molecule has 1 aromatic rings. The van der Waals surface area contributed by atoms with Gasteiger partial charge in [0.2, 0.25) is 0 Å². The molecule has 2 heterocycles. The molecule has 1 saturated heterocycles. The normalized spacial score (nSPS) is 17.3. The van der Waals surface area contributed by atoms with Gasteiger partial charge >= 0.3 is 0 Å². The van der Waals surface area contributed by atoms with E-state index in [9.17, 15) is 5.11 Å². The van der Waals surface area contributed by atoms with Crippen LogP contribution in [0.3, 0.4) is 0 Å². The fourth-order valence-corrected chi connectivity index (χ4v) is 1.73. The van der Waals surface area contributed by atoms with E-state index in [-0.39, 0.29) is 30.3 Å². The standard InChI is InChI=1S/C10H14N2O.2ClH.H2O/c13-10(4-7-11-8-5-10)9-3-1-2-6-12-9;;;/h1-3,6,11,13H,4-5,7-8H2;2*1H;1H2. The van der Waals surface area contributed by atoms with Gasteiger partial charge in [-0.25, -0.2) is 0 Å². The second-order valence-corrected chi connectivity index (χ2v) is 3.50. The zero-order chi connectivity index (χ0) is 9.15. The lowest BCUT2D eigenvalue weighted by Crippen LogP contribution is -2.40. The molecule has 0 atom stereocenters. The Morgan fingerprint density at radius 1 is 1.19 bits per heavy atom. The zero-order valence-corrected chi connectivity index (χ0v) is 10.5. The second kappa shape index (κ2) is 7.81. The summed E-state index contributed by atoms with van der Waals surface area (Å²) in [6.07, 6.45) is 3.24. The van der Waals surface area contributed by atoms with Crippen molar-refractivity contribution in [3.8, 4) is 0 Å². The lowest BCUT2D eigenvalue weighted by Gasteiger charge is -2.31. The van der Waals surface area contributed by atoms with Crippen molar-refractivity contribution < 1.29 is 10.6 Å². The van der Waals surface area contributed by atoms with Gasteiger partial charge in [0.05, 0.1) is 5.69 Å². The summed E-state index contributed by atoms with van der Waals surface area (Å²) >= 11 is 0. The van der Waals surface area contributed by atoms with Crippen LogP contribution in [0.4, 0.5) is 0 Å².